The zero-order valence-electron chi connectivity index (χ0n) is 13.3. The van der Waals surface area contributed by atoms with Crippen LogP contribution in [-0.2, 0) is 14.3 Å². The lowest BCUT2D eigenvalue weighted by molar-refractivity contribution is -0.143. The first-order valence-electron chi connectivity index (χ1n) is 7.45. The molecule has 0 radical (unpaired) electrons. The Kier molecular flexibility index (Phi) is 5.15. The highest BCUT2D eigenvalue weighted by atomic mass is 19.1. The van der Waals surface area contributed by atoms with Crippen LogP contribution in [0.1, 0.15) is 25.3 Å². The molecule has 2 N–H and O–H groups in total. The monoisotopic (exact) mass is 320 g/mol. The number of hydrogen-bond donors (Lipinski definition) is 1. The summed E-state index contributed by atoms with van der Waals surface area (Å²) in [6.45, 7) is 2.30. The third-order valence-electron chi connectivity index (χ3n) is 4.24. The van der Waals surface area contributed by atoms with Gasteiger partial charge in [0.25, 0.3) is 0 Å². The van der Waals surface area contributed by atoms with Gasteiger partial charge in [-0.05, 0) is 43.0 Å². The lowest BCUT2D eigenvalue weighted by atomic mass is 9.96. The molecule has 1 heterocycles. The molecule has 2 amide bonds. The van der Waals surface area contributed by atoms with Crippen molar-refractivity contribution in [2.24, 2.45) is 5.73 Å². The van der Waals surface area contributed by atoms with E-state index >= 15 is 0 Å². The fraction of sp³-hybridized carbons (Fsp3) is 0.412. The van der Waals surface area contributed by atoms with E-state index in [1.807, 2.05) is 0 Å². The molecule has 1 aromatic carbocycles. The fourth-order valence-corrected chi connectivity index (χ4v) is 2.98. The number of nitrogens with zero attached hydrogens (tertiary/aromatic N) is 1. The molecule has 1 unspecified atom stereocenters. The van der Waals surface area contributed by atoms with Gasteiger partial charge in [-0.3, -0.25) is 9.59 Å². The van der Waals surface area contributed by atoms with Crippen molar-refractivity contribution in [3.05, 3.63) is 41.7 Å². The van der Waals surface area contributed by atoms with Crippen molar-refractivity contribution in [3.63, 3.8) is 0 Å². The molecule has 2 rings (SSSR count). The Hall–Kier alpha value is -2.21. The van der Waals surface area contributed by atoms with E-state index in [0.29, 0.717) is 25.0 Å². The van der Waals surface area contributed by atoms with Crippen molar-refractivity contribution in [3.8, 4) is 0 Å². The molecule has 1 aromatic rings. The zero-order chi connectivity index (χ0) is 17.0. The van der Waals surface area contributed by atoms with Gasteiger partial charge in [0.15, 0.2) is 0 Å². The van der Waals surface area contributed by atoms with Gasteiger partial charge in [0, 0.05) is 19.7 Å². The Bertz CT molecular complexity index is 627. The third kappa shape index (κ3) is 3.42. The lowest BCUT2D eigenvalue weighted by Crippen LogP contribution is -2.58. The minimum Gasteiger partial charge on any atom is -0.382 e. The second-order valence-corrected chi connectivity index (χ2v) is 5.76. The maximum Gasteiger partial charge on any atom is 0.247 e. The largest absolute Gasteiger partial charge is 0.382 e. The number of amides is 2. The summed E-state index contributed by atoms with van der Waals surface area (Å²) in [6, 6.07) is 5.89. The van der Waals surface area contributed by atoms with Crippen LogP contribution in [0.25, 0.3) is 5.57 Å². The smallest absolute Gasteiger partial charge is 0.247 e. The molecule has 0 bridgehead atoms. The Morgan fingerprint density at radius 3 is 2.61 bits per heavy atom. The standard InChI is InChI=1S/C17H21FN2O3/c1-12(13-4-6-14(18)7-5-13)10-15(21)20-9-3-8-17(20,11-23-2)16(19)22/h4-7,10H,3,8-9,11H2,1-2H3,(H2,19,22)/b12-10+. The van der Waals surface area contributed by atoms with Gasteiger partial charge in [-0.1, -0.05) is 12.1 Å². The van der Waals surface area contributed by atoms with E-state index in [0.717, 1.165) is 5.56 Å². The van der Waals surface area contributed by atoms with Crippen LogP contribution in [0.2, 0.25) is 0 Å². The van der Waals surface area contributed by atoms with E-state index in [-0.39, 0.29) is 18.3 Å². The van der Waals surface area contributed by atoms with E-state index in [4.69, 9.17) is 10.5 Å². The van der Waals surface area contributed by atoms with Crippen LogP contribution in [0.5, 0.6) is 0 Å². The Balaban J connectivity index is 2.26. The maximum absolute atomic E-state index is 13.0. The van der Waals surface area contributed by atoms with Crippen LogP contribution >= 0.6 is 0 Å². The second-order valence-electron chi connectivity index (χ2n) is 5.76. The van der Waals surface area contributed by atoms with Gasteiger partial charge in [-0.25, -0.2) is 4.39 Å². The van der Waals surface area contributed by atoms with Crippen LogP contribution in [0.3, 0.4) is 0 Å². The molecule has 124 valence electrons. The molecule has 1 saturated heterocycles. The predicted molar refractivity (Wildman–Crippen MR) is 84.8 cm³/mol. The van der Waals surface area contributed by atoms with E-state index in [1.165, 1.54) is 30.2 Å². The predicted octanol–water partition coefficient (Wildman–Crippen LogP) is 1.72. The topological polar surface area (TPSA) is 72.6 Å². The van der Waals surface area contributed by atoms with Crippen LogP contribution in [0.4, 0.5) is 4.39 Å². The van der Waals surface area contributed by atoms with Crippen LogP contribution in [0, 0.1) is 5.82 Å². The van der Waals surface area contributed by atoms with Crippen LogP contribution in [0.15, 0.2) is 30.3 Å². The normalized spacial score (nSPS) is 21.5. The number of nitrogens with two attached hydrogens (primary N) is 1. The number of rotatable bonds is 5. The van der Waals surface area contributed by atoms with Gasteiger partial charge < -0.3 is 15.4 Å². The third-order valence-corrected chi connectivity index (χ3v) is 4.24. The van der Waals surface area contributed by atoms with E-state index in [2.05, 4.69) is 0 Å². The SMILES string of the molecule is COCC1(C(N)=O)CCCN1C(=O)/C=C(\C)c1ccc(F)cc1. The van der Waals surface area contributed by atoms with Gasteiger partial charge in [0.05, 0.1) is 6.61 Å². The van der Waals surface area contributed by atoms with Gasteiger partial charge in [-0.15, -0.1) is 0 Å². The summed E-state index contributed by atoms with van der Waals surface area (Å²) in [5.74, 6) is -1.18. The van der Waals surface area contributed by atoms with Crippen molar-refractivity contribution in [1.82, 2.24) is 4.90 Å². The molecule has 1 aliphatic rings. The maximum atomic E-state index is 13.0. The molecule has 0 saturated carbocycles. The average molecular weight is 320 g/mol. The summed E-state index contributed by atoms with van der Waals surface area (Å²) < 4.78 is 18.1. The van der Waals surface area contributed by atoms with Crippen molar-refractivity contribution in [2.45, 2.75) is 25.3 Å². The number of primary amides is 1. The highest BCUT2D eigenvalue weighted by molar-refractivity contribution is 5.99. The lowest BCUT2D eigenvalue weighted by Gasteiger charge is -2.34. The van der Waals surface area contributed by atoms with Crippen molar-refractivity contribution >= 4 is 17.4 Å². The molecule has 1 fully saturated rings. The molecule has 23 heavy (non-hydrogen) atoms. The zero-order valence-corrected chi connectivity index (χ0v) is 13.3. The van der Waals surface area contributed by atoms with Gasteiger partial charge >= 0.3 is 0 Å². The highest BCUT2D eigenvalue weighted by Crippen LogP contribution is 2.30. The summed E-state index contributed by atoms with van der Waals surface area (Å²) in [6.07, 6.45) is 2.64. The molecule has 0 aliphatic carbocycles. The Labute approximate surface area is 134 Å². The second kappa shape index (κ2) is 6.91. The number of benzene rings is 1. The van der Waals surface area contributed by atoms with Gasteiger partial charge in [0.1, 0.15) is 11.4 Å². The average Bonchev–Trinajstić information content (AvgIpc) is 2.93. The van der Waals surface area contributed by atoms with Crippen molar-refractivity contribution < 1.29 is 18.7 Å². The van der Waals surface area contributed by atoms with Crippen molar-refractivity contribution in [1.29, 1.82) is 0 Å². The van der Waals surface area contributed by atoms with E-state index in [9.17, 15) is 14.0 Å². The fourth-order valence-electron chi connectivity index (χ4n) is 2.98. The summed E-state index contributed by atoms with van der Waals surface area (Å²) in [4.78, 5) is 26.0. The highest BCUT2D eigenvalue weighted by Gasteiger charge is 2.48. The van der Waals surface area contributed by atoms with Crippen LogP contribution < -0.4 is 5.73 Å². The molecule has 1 atom stereocenters. The summed E-state index contributed by atoms with van der Waals surface area (Å²) >= 11 is 0. The quantitative estimate of drug-likeness (QED) is 0.840. The summed E-state index contributed by atoms with van der Waals surface area (Å²) in [5, 5.41) is 0. The first-order chi connectivity index (χ1) is 10.9. The van der Waals surface area contributed by atoms with Crippen molar-refractivity contribution in [2.75, 3.05) is 20.3 Å². The molecule has 0 spiro atoms. The van der Waals surface area contributed by atoms with Crippen LogP contribution in [-0.4, -0.2) is 42.5 Å². The molecule has 6 heteroatoms. The molecule has 5 nitrogen and oxygen atoms in total. The first kappa shape index (κ1) is 17.1. The minimum absolute atomic E-state index is 0.0809. The number of methoxy groups -OCH3 is 1. The van der Waals surface area contributed by atoms with Gasteiger partial charge in [0.2, 0.25) is 11.8 Å². The van der Waals surface area contributed by atoms with E-state index < -0.39 is 11.4 Å². The Morgan fingerprint density at radius 1 is 1.39 bits per heavy atom. The number of likely N-dealkylation sites (tertiary alicyclic amines) is 1. The first-order valence-corrected chi connectivity index (χ1v) is 7.45. The number of carbonyl (C=O) groups excluding carboxylic acids is 2. The summed E-state index contributed by atoms with van der Waals surface area (Å²) in [5.41, 5.74) is 5.88. The van der Waals surface area contributed by atoms with E-state index in [1.54, 1.807) is 19.1 Å². The number of halogens is 1. The number of hydrogen-bond acceptors (Lipinski definition) is 3. The number of ether oxygens (including phenoxy) is 1. The van der Waals surface area contributed by atoms with Gasteiger partial charge in [-0.2, -0.15) is 0 Å². The molecule has 1 aliphatic heterocycles. The molecular formula is C17H21FN2O3. The summed E-state index contributed by atoms with van der Waals surface area (Å²) in [7, 11) is 1.48. The Morgan fingerprint density at radius 2 is 2.04 bits per heavy atom. The minimum atomic E-state index is -1.09. The number of carbonyl (C=O) groups is 2. The number of allylic oxidation sites excluding steroid dienone is 1. The molecule has 0 aromatic heterocycles. The molecular weight excluding hydrogens is 299 g/mol.